The summed E-state index contributed by atoms with van der Waals surface area (Å²) in [4.78, 5) is 11.6. The molecule has 1 aliphatic carbocycles. The Kier molecular flexibility index (Phi) is 5.81. The molecule has 3 heteroatoms. The van der Waals surface area contributed by atoms with Crippen molar-refractivity contribution in [3.05, 3.63) is 23.8 Å². The van der Waals surface area contributed by atoms with Crippen molar-refractivity contribution in [1.29, 1.82) is 0 Å². The predicted molar refractivity (Wildman–Crippen MR) is 70.3 cm³/mol. The van der Waals surface area contributed by atoms with E-state index < -0.39 is 0 Å². The number of hydrazone groups is 1. The van der Waals surface area contributed by atoms with Crippen LogP contribution in [0.5, 0.6) is 0 Å². The zero-order valence-electron chi connectivity index (χ0n) is 10.1. The Hall–Kier alpha value is -1.82. The molecule has 1 fully saturated rings. The maximum atomic E-state index is 11.6. The lowest BCUT2D eigenvalue weighted by atomic mass is 10.1. The molecule has 1 rings (SSSR count). The molecular weight excluding hydrogens is 212 g/mol. The number of amides is 1. The number of hydrogen-bond acceptors (Lipinski definition) is 2. The molecule has 0 spiro atoms. The topological polar surface area (TPSA) is 41.5 Å². The number of hydrogen-bond donors (Lipinski definition) is 1. The predicted octanol–water partition coefficient (Wildman–Crippen LogP) is 2.41. The van der Waals surface area contributed by atoms with Gasteiger partial charge in [-0.05, 0) is 37.8 Å². The van der Waals surface area contributed by atoms with Gasteiger partial charge in [-0.1, -0.05) is 24.8 Å². The first-order valence-electron chi connectivity index (χ1n) is 5.90. The van der Waals surface area contributed by atoms with E-state index in [1.165, 1.54) is 31.8 Å². The molecule has 0 saturated heterocycles. The fraction of sp³-hybridized carbons (Fsp3) is 0.429. The van der Waals surface area contributed by atoms with Gasteiger partial charge in [0.2, 0.25) is 0 Å². The molecule has 1 amide bonds. The molecule has 3 nitrogen and oxygen atoms in total. The van der Waals surface area contributed by atoms with Gasteiger partial charge in [0.15, 0.2) is 0 Å². The highest BCUT2D eigenvalue weighted by molar-refractivity contribution is 5.96. The monoisotopic (exact) mass is 230 g/mol. The van der Waals surface area contributed by atoms with Crippen LogP contribution in [-0.2, 0) is 4.79 Å². The zero-order chi connectivity index (χ0) is 12.5. The quantitative estimate of drug-likeness (QED) is 0.260. The lowest BCUT2D eigenvalue weighted by Crippen LogP contribution is -2.19. The molecule has 1 saturated carbocycles. The van der Waals surface area contributed by atoms with Crippen LogP contribution < -0.4 is 5.43 Å². The minimum absolute atomic E-state index is 0.228. The van der Waals surface area contributed by atoms with E-state index in [0.29, 0.717) is 11.5 Å². The van der Waals surface area contributed by atoms with E-state index in [1.54, 1.807) is 19.1 Å². The minimum atomic E-state index is -0.228. The van der Waals surface area contributed by atoms with Gasteiger partial charge in [0, 0.05) is 11.8 Å². The molecule has 0 aromatic rings. The fourth-order valence-electron chi connectivity index (χ4n) is 1.81. The number of carbonyl (C=O) groups is 1. The molecule has 0 aliphatic heterocycles. The molecule has 17 heavy (non-hydrogen) atoms. The van der Waals surface area contributed by atoms with Gasteiger partial charge >= 0.3 is 0 Å². The molecule has 1 aliphatic rings. The van der Waals surface area contributed by atoms with Gasteiger partial charge in [-0.3, -0.25) is 4.79 Å². The number of allylic oxidation sites excluding steroid dienone is 2. The summed E-state index contributed by atoms with van der Waals surface area (Å²) in [5.41, 5.74) is 3.03. The third-order valence-electron chi connectivity index (χ3n) is 2.78. The van der Waals surface area contributed by atoms with Crippen molar-refractivity contribution in [1.82, 2.24) is 5.43 Å². The van der Waals surface area contributed by atoms with E-state index in [0.717, 1.165) is 0 Å². The number of carbonyl (C=O) groups excluding carboxylic acids is 1. The van der Waals surface area contributed by atoms with E-state index >= 15 is 0 Å². The Morgan fingerprint density at radius 3 is 2.76 bits per heavy atom. The van der Waals surface area contributed by atoms with Crippen LogP contribution in [0.1, 0.15) is 32.6 Å². The normalized spacial score (nSPS) is 17.8. The average molecular weight is 230 g/mol. The summed E-state index contributed by atoms with van der Waals surface area (Å²) in [6.07, 6.45) is 16.6. The summed E-state index contributed by atoms with van der Waals surface area (Å²) >= 11 is 0. The SMILES string of the molecule is C#CC=CC(=CC)C(=O)NN=CC1CCCC1. The van der Waals surface area contributed by atoms with Crippen LogP contribution in [0.25, 0.3) is 0 Å². The van der Waals surface area contributed by atoms with Crippen molar-refractivity contribution < 1.29 is 4.79 Å². The Morgan fingerprint density at radius 1 is 1.47 bits per heavy atom. The molecule has 0 bridgehead atoms. The number of rotatable bonds is 4. The largest absolute Gasteiger partial charge is 0.271 e. The summed E-state index contributed by atoms with van der Waals surface area (Å²) in [7, 11) is 0. The third kappa shape index (κ3) is 4.69. The maximum Gasteiger partial charge on any atom is 0.271 e. The minimum Gasteiger partial charge on any atom is -0.267 e. The van der Waals surface area contributed by atoms with Crippen LogP contribution >= 0.6 is 0 Å². The van der Waals surface area contributed by atoms with Crippen molar-refractivity contribution >= 4 is 12.1 Å². The van der Waals surface area contributed by atoms with Crippen LogP contribution in [0.3, 0.4) is 0 Å². The van der Waals surface area contributed by atoms with Gasteiger partial charge in [0.05, 0.1) is 0 Å². The van der Waals surface area contributed by atoms with E-state index in [-0.39, 0.29) is 5.91 Å². The van der Waals surface area contributed by atoms with Crippen LogP contribution in [-0.4, -0.2) is 12.1 Å². The Bertz CT molecular complexity index is 380. The van der Waals surface area contributed by atoms with Gasteiger partial charge < -0.3 is 0 Å². The zero-order valence-corrected chi connectivity index (χ0v) is 10.1. The number of nitrogens with zero attached hydrogens (tertiary/aromatic N) is 1. The molecule has 0 aromatic heterocycles. The van der Waals surface area contributed by atoms with Gasteiger partial charge in [0.1, 0.15) is 0 Å². The van der Waals surface area contributed by atoms with Crippen LogP contribution in [0.4, 0.5) is 0 Å². The molecule has 0 aromatic carbocycles. The Morgan fingerprint density at radius 2 is 2.18 bits per heavy atom. The smallest absolute Gasteiger partial charge is 0.267 e. The number of terminal acetylenes is 1. The lowest BCUT2D eigenvalue weighted by molar-refractivity contribution is -0.117. The van der Waals surface area contributed by atoms with Crippen molar-refractivity contribution in [2.45, 2.75) is 32.6 Å². The molecule has 0 atom stereocenters. The maximum absolute atomic E-state index is 11.6. The molecule has 90 valence electrons. The molecule has 1 N–H and O–H groups in total. The van der Waals surface area contributed by atoms with Crippen LogP contribution in [0.15, 0.2) is 28.9 Å². The van der Waals surface area contributed by atoms with E-state index in [2.05, 4.69) is 16.4 Å². The van der Waals surface area contributed by atoms with E-state index in [4.69, 9.17) is 6.42 Å². The summed E-state index contributed by atoms with van der Waals surface area (Å²) in [6.45, 7) is 1.79. The lowest BCUT2D eigenvalue weighted by Gasteiger charge is -2.01. The fourth-order valence-corrected chi connectivity index (χ4v) is 1.81. The standard InChI is InChI=1S/C14H18N2O/c1-3-5-10-13(4-2)14(17)16-15-11-12-8-6-7-9-12/h1,4-5,10-12H,6-9H2,2H3,(H,16,17). The summed E-state index contributed by atoms with van der Waals surface area (Å²) in [5.74, 6) is 2.64. The average Bonchev–Trinajstić information content (AvgIpc) is 2.83. The van der Waals surface area contributed by atoms with Crippen molar-refractivity contribution in [2.24, 2.45) is 11.0 Å². The molecular formula is C14H18N2O. The highest BCUT2D eigenvalue weighted by atomic mass is 16.2. The molecule has 0 unspecified atom stereocenters. The van der Waals surface area contributed by atoms with Gasteiger partial charge in [-0.15, -0.1) is 6.42 Å². The highest BCUT2D eigenvalue weighted by Gasteiger charge is 2.12. The summed E-state index contributed by atoms with van der Waals surface area (Å²) in [5, 5.41) is 3.98. The third-order valence-corrected chi connectivity index (χ3v) is 2.78. The highest BCUT2D eigenvalue weighted by Crippen LogP contribution is 2.22. The van der Waals surface area contributed by atoms with Crippen molar-refractivity contribution in [3.8, 4) is 12.3 Å². The summed E-state index contributed by atoms with van der Waals surface area (Å²) < 4.78 is 0. The van der Waals surface area contributed by atoms with Crippen molar-refractivity contribution in [3.63, 3.8) is 0 Å². The Balaban J connectivity index is 2.42. The van der Waals surface area contributed by atoms with Crippen molar-refractivity contribution in [2.75, 3.05) is 0 Å². The van der Waals surface area contributed by atoms with Crippen LogP contribution in [0, 0.1) is 18.3 Å². The summed E-state index contributed by atoms with van der Waals surface area (Å²) in [6, 6.07) is 0. The first-order chi connectivity index (χ1) is 8.27. The number of nitrogens with one attached hydrogen (secondary N) is 1. The van der Waals surface area contributed by atoms with Gasteiger partial charge in [0.25, 0.3) is 5.91 Å². The second-order valence-corrected chi connectivity index (χ2v) is 4.01. The van der Waals surface area contributed by atoms with Crippen LogP contribution in [0.2, 0.25) is 0 Å². The first-order valence-corrected chi connectivity index (χ1v) is 5.90. The molecule has 0 radical (unpaired) electrons. The second kappa shape index (κ2) is 7.45. The van der Waals surface area contributed by atoms with E-state index in [9.17, 15) is 4.79 Å². The van der Waals surface area contributed by atoms with E-state index in [1.807, 2.05) is 6.21 Å². The molecule has 0 heterocycles. The van der Waals surface area contributed by atoms with Gasteiger partial charge in [-0.2, -0.15) is 5.10 Å². The Labute approximate surface area is 103 Å². The second-order valence-electron chi connectivity index (χ2n) is 4.01. The first kappa shape index (κ1) is 13.2. The van der Waals surface area contributed by atoms with Gasteiger partial charge in [-0.25, -0.2) is 5.43 Å².